The number of allylic oxidation sites excluding steroid dienone is 2. The maximum absolute atomic E-state index is 10.5. The largest absolute Gasteiger partial charge is 0.481 e. The maximum Gasteiger partial charge on any atom is 0.303 e. The van der Waals surface area contributed by atoms with Crippen LogP contribution in [-0.2, 0) is 11.2 Å². The Bertz CT molecular complexity index is 666. The van der Waals surface area contributed by atoms with E-state index in [0.29, 0.717) is 32.1 Å². The minimum absolute atomic E-state index is 0.0888. The quantitative estimate of drug-likeness (QED) is 0.332. The normalized spacial score (nSPS) is 26.4. The smallest absolute Gasteiger partial charge is 0.303 e. The number of aryl methyl sites for hydroxylation is 2. The van der Waals surface area contributed by atoms with Crippen molar-refractivity contribution in [3.8, 4) is 0 Å². The third-order valence-corrected chi connectivity index (χ3v) is 6.35. The average molecular weight is 409 g/mol. The van der Waals surface area contributed by atoms with Gasteiger partial charge in [0.1, 0.15) is 0 Å². The van der Waals surface area contributed by atoms with Crippen LogP contribution in [0.5, 0.6) is 0 Å². The first-order valence-electron chi connectivity index (χ1n) is 10.0. The number of hydrogen-bond acceptors (Lipinski definition) is 5. The predicted octanol–water partition coefficient (Wildman–Crippen LogP) is 3.47. The molecule has 1 aromatic rings. The second-order valence-corrected chi connectivity index (χ2v) is 8.98. The number of carboxylic acid groups (broad SMARTS) is 1. The van der Waals surface area contributed by atoms with E-state index >= 15 is 0 Å². The summed E-state index contributed by atoms with van der Waals surface area (Å²) in [5.41, 5.74) is 0. The number of carbonyl (C=O) groups is 1. The molecule has 1 aliphatic carbocycles. The van der Waals surface area contributed by atoms with E-state index in [0.717, 1.165) is 6.42 Å². The lowest BCUT2D eigenvalue weighted by Gasteiger charge is -2.19. The Hall–Kier alpha value is -1.47. The zero-order valence-corrected chi connectivity index (χ0v) is 17.2. The zero-order chi connectivity index (χ0) is 20.5. The van der Waals surface area contributed by atoms with E-state index < -0.39 is 24.3 Å². The molecular weight excluding hydrogens is 376 g/mol. The first kappa shape index (κ1) is 22.8. The van der Waals surface area contributed by atoms with Gasteiger partial charge in [-0.3, -0.25) is 4.79 Å². The van der Waals surface area contributed by atoms with Crippen LogP contribution < -0.4 is 0 Å². The van der Waals surface area contributed by atoms with Crippen LogP contribution in [0, 0.1) is 18.8 Å². The van der Waals surface area contributed by atoms with Gasteiger partial charge in [-0.1, -0.05) is 24.3 Å². The van der Waals surface area contributed by atoms with Crippen molar-refractivity contribution in [3.63, 3.8) is 0 Å². The summed E-state index contributed by atoms with van der Waals surface area (Å²) in [6.07, 6.45) is 9.64. The van der Waals surface area contributed by atoms with Crippen molar-refractivity contribution in [1.29, 1.82) is 0 Å². The average Bonchev–Trinajstić information content (AvgIpc) is 3.16. The second kappa shape index (κ2) is 11.5. The fourth-order valence-corrected chi connectivity index (χ4v) is 4.62. The summed E-state index contributed by atoms with van der Waals surface area (Å²) in [6.45, 7) is 2.07. The third-order valence-electron chi connectivity index (χ3n) is 5.29. The standard InChI is InChI=1S/C22H32O5S/c1-15-8-11-17(28-15)12-9-16(23)10-13-19-18(20(24)14-21(19)25)6-4-2-3-5-7-22(26)27/h2,4,8,10-11,13,16,18-21,23-25H,3,5-7,9,12,14H2,1H3,(H,26,27)/b4-2+,13-10+. The molecule has 2 rings (SSSR count). The highest BCUT2D eigenvalue weighted by atomic mass is 32.1. The van der Waals surface area contributed by atoms with Crippen molar-refractivity contribution in [2.45, 2.75) is 70.2 Å². The number of aliphatic hydroxyl groups is 3. The Labute approximate surface area is 171 Å². The summed E-state index contributed by atoms with van der Waals surface area (Å²) in [5.74, 6) is -1.06. The van der Waals surface area contributed by atoms with Gasteiger partial charge in [0.2, 0.25) is 0 Å². The molecule has 0 aromatic carbocycles. The van der Waals surface area contributed by atoms with Crippen molar-refractivity contribution < 1.29 is 25.2 Å². The van der Waals surface area contributed by atoms with Crippen LogP contribution in [0.2, 0.25) is 0 Å². The number of hydrogen-bond donors (Lipinski definition) is 4. The molecule has 5 atom stereocenters. The molecule has 1 aliphatic rings. The van der Waals surface area contributed by atoms with Crippen LogP contribution in [0.15, 0.2) is 36.4 Å². The molecular formula is C22H32O5S. The molecule has 6 heteroatoms. The van der Waals surface area contributed by atoms with Crippen molar-refractivity contribution in [2.75, 3.05) is 0 Å². The number of thiophene rings is 1. The van der Waals surface area contributed by atoms with Gasteiger partial charge in [-0.15, -0.1) is 11.3 Å². The highest BCUT2D eigenvalue weighted by molar-refractivity contribution is 7.11. The number of carboxylic acids is 1. The topological polar surface area (TPSA) is 98.0 Å². The summed E-state index contributed by atoms with van der Waals surface area (Å²) in [6, 6.07) is 4.17. The number of rotatable bonds is 11. The van der Waals surface area contributed by atoms with Gasteiger partial charge in [0.05, 0.1) is 18.3 Å². The van der Waals surface area contributed by atoms with Gasteiger partial charge < -0.3 is 20.4 Å². The lowest BCUT2D eigenvalue weighted by molar-refractivity contribution is -0.137. The van der Waals surface area contributed by atoms with Crippen molar-refractivity contribution >= 4 is 17.3 Å². The van der Waals surface area contributed by atoms with Gasteiger partial charge in [0.25, 0.3) is 0 Å². The lowest BCUT2D eigenvalue weighted by atomic mass is 9.89. The van der Waals surface area contributed by atoms with Crippen LogP contribution in [0.25, 0.3) is 0 Å². The molecule has 0 aliphatic heterocycles. The monoisotopic (exact) mass is 408 g/mol. The van der Waals surface area contributed by atoms with E-state index in [9.17, 15) is 20.1 Å². The van der Waals surface area contributed by atoms with Gasteiger partial charge in [-0.05, 0) is 57.1 Å². The SMILES string of the molecule is Cc1ccc(CCC(O)/C=C/C2C(O)CC(O)C2C/C=C/CCCC(=O)O)s1. The first-order valence-corrected chi connectivity index (χ1v) is 10.8. The van der Waals surface area contributed by atoms with Crippen LogP contribution in [0.4, 0.5) is 0 Å². The van der Waals surface area contributed by atoms with E-state index in [1.165, 1.54) is 9.75 Å². The molecule has 1 heterocycles. The van der Waals surface area contributed by atoms with Crippen LogP contribution in [-0.4, -0.2) is 44.7 Å². The van der Waals surface area contributed by atoms with Crippen LogP contribution in [0.1, 0.15) is 48.3 Å². The van der Waals surface area contributed by atoms with Gasteiger partial charge in [-0.2, -0.15) is 0 Å². The molecule has 0 bridgehead atoms. The lowest BCUT2D eigenvalue weighted by Crippen LogP contribution is -2.20. The maximum atomic E-state index is 10.5. The Morgan fingerprint density at radius 2 is 2.07 bits per heavy atom. The van der Waals surface area contributed by atoms with E-state index in [2.05, 4.69) is 19.1 Å². The first-order chi connectivity index (χ1) is 13.4. The molecule has 5 unspecified atom stereocenters. The summed E-state index contributed by atoms with van der Waals surface area (Å²) in [5, 5.41) is 39.4. The molecule has 0 spiro atoms. The highest BCUT2D eigenvalue weighted by Crippen LogP contribution is 2.36. The van der Waals surface area contributed by atoms with Gasteiger partial charge in [-0.25, -0.2) is 0 Å². The highest BCUT2D eigenvalue weighted by Gasteiger charge is 2.39. The Kier molecular flexibility index (Phi) is 9.38. The molecule has 1 aromatic heterocycles. The van der Waals surface area contributed by atoms with E-state index in [4.69, 9.17) is 5.11 Å². The summed E-state index contributed by atoms with van der Waals surface area (Å²) < 4.78 is 0. The molecule has 0 amide bonds. The van der Waals surface area contributed by atoms with Gasteiger partial charge in [0, 0.05) is 28.5 Å². The van der Waals surface area contributed by atoms with Crippen LogP contribution >= 0.6 is 11.3 Å². The summed E-state index contributed by atoms with van der Waals surface area (Å²) in [7, 11) is 0. The molecule has 1 saturated carbocycles. The van der Waals surface area contributed by atoms with Crippen molar-refractivity contribution in [2.24, 2.45) is 11.8 Å². The van der Waals surface area contributed by atoms with Crippen molar-refractivity contribution in [1.82, 2.24) is 0 Å². The molecule has 0 radical (unpaired) electrons. The molecule has 0 saturated heterocycles. The predicted molar refractivity (Wildman–Crippen MR) is 111 cm³/mol. The number of aliphatic hydroxyl groups excluding tert-OH is 3. The van der Waals surface area contributed by atoms with E-state index in [-0.39, 0.29) is 18.3 Å². The molecule has 4 N–H and O–H groups in total. The Balaban J connectivity index is 1.81. The zero-order valence-electron chi connectivity index (χ0n) is 16.4. The molecule has 28 heavy (non-hydrogen) atoms. The van der Waals surface area contributed by atoms with E-state index in [1.807, 2.05) is 18.2 Å². The fraction of sp³-hybridized carbons (Fsp3) is 0.591. The minimum atomic E-state index is -0.791. The summed E-state index contributed by atoms with van der Waals surface area (Å²) >= 11 is 1.74. The summed E-state index contributed by atoms with van der Waals surface area (Å²) in [4.78, 5) is 13.0. The van der Waals surface area contributed by atoms with Gasteiger partial charge >= 0.3 is 5.97 Å². The molecule has 5 nitrogen and oxygen atoms in total. The van der Waals surface area contributed by atoms with Gasteiger partial charge in [0.15, 0.2) is 0 Å². The molecule has 1 fully saturated rings. The third kappa shape index (κ3) is 7.51. The second-order valence-electron chi connectivity index (χ2n) is 7.61. The number of unbranched alkanes of at least 4 members (excludes halogenated alkanes) is 1. The Morgan fingerprint density at radius 1 is 1.29 bits per heavy atom. The minimum Gasteiger partial charge on any atom is -0.481 e. The number of aliphatic carboxylic acids is 1. The fourth-order valence-electron chi connectivity index (χ4n) is 3.71. The van der Waals surface area contributed by atoms with Crippen molar-refractivity contribution in [3.05, 3.63) is 46.2 Å². The van der Waals surface area contributed by atoms with Crippen LogP contribution in [0.3, 0.4) is 0 Å². The van der Waals surface area contributed by atoms with E-state index in [1.54, 1.807) is 17.4 Å². The Morgan fingerprint density at radius 3 is 2.75 bits per heavy atom. The molecule has 156 valence electrons.